The lowest BCUT2D eigenvalue weighted by atomic mass is 10.2. The highest BCUT2D eigenvalue weighted by Crippen LogP contribution is 2.40. The van der Waals surface area contributed by atoms with E-state index in [4.69, 9.17) is 0 Å². The third kappa shape index (κ3) is 2.88. The van der Waals surface area contributed by atoms with Crippen LogP contribution in [0.4, 0.5) is 5.69 Å². The maximum Gasteiger partial charge on any atom is 0.259 e. The van der Waals surface area contributed by atoms with Crippen LogP contribution in [-0.2, 0) is 0 Å². The lowest BCUT2D eigenvalue weighted by molar-refractivity contribution is 0.0988. The predicted molar refractivity (Wildman–Crippen MR) is 96.6 cm³/mol. The fourth-order valence-corrected chi connectivity index (χ4v) is 3.26. The maximum absolute atomic E-state index is 12.9. The highest BCUT2D eigenvalue weighted by atomic mass is 16.2. The molecule has 0 radical (unpaired) electrons. The molecule has 0 N–H and O–H groups in total. The molecule has 3 aromatic heterocycles. The van der Waals surface area contributed by atoms with Gasteiger partial charge in [-0.05, 0) is 50.8 Å². The largest absolute Gasteiger partial charge is 0.308 e. The fraction of sp³-hybridized carbons (Fsp3) is 0.368. The van der Waals surface area contributed by atoms with Gasteiger partial charge < -0.3 is 4.90 Å². The Kier molecular flexibility index (Phi) is 3.95. The number of aromatic nitrogens is 4. The Bertz CT molecular complexity index is 901. The Morgan fingerprint density at radius 3 is 2.76 bits per heavy atom. The van der Waals surface area contributed by atoms with E-state index in [1.807, 2.05) is 29.8 Å². The average Bonchev–Trinajstić information content (AvgIpc) is 3.41. The van der Waals surface area contributed by atoms with Crippen LogP contribution in [0.5, 0.6) is 0 Å². The summed E-state index contributed by atoms with van der Waals surface area (Å²) in [5, 5.41) is 5.41. The number of nitrogens with zero attached hydrogens (tertiary/aromatic N) is 5. The number of pyridine rings is 2. The second-order valence-electron chi connectivity index (χ2n) is 6.56. The van der Waals surface area contributed by atoms with E-state index >= 15 is 0 Å². The van der Waals surface area contributed by atoms with E-state index in [9.17, 15) is 4.79 Å². The van der Waals surface area contributed by atoms with E-state index in [1.54, 1.807) is 29.7 Å². The summed E-state index contributed by atoms with van der Waals surface area (Å²) < 4.78 is 1.99. The molecule has 1 amide bonds. The summed E-state index contributed by atoms with van der Waals surface area (Å²) in [7, 11) is 0. The standard InChI is InChI=1S/C19H21N5O/c1-3-23(17-6-8-20-9-7-17)19(25)16-10-15-12-22-24(18(15)21-11-16)13(2)14-4-5-14/h6-14H,3-5H2,1-2H3/t13-/m1/s1. The normalized spacial score (nSPS) is 15.3. The third-order valence-corrected chi connectivity index (χ3v) is 4.91. The molecule has 3 aromatic rings. The van der Waals surface area contributed by atoms with Crippen LogP contribution in [0.2, 0.25) is 0 Å². The van der Waals surface area contributed by atoms with E-state index < -0.39 is 0 Å². The minimum absolute atomic E-state index is 0.0638. The highest BCUT2D eigenvalue weighted by Gasteiger charge is 2.30. The minimum atomic E-state index is -0.0638. The SMILES string of the molecule is CCN(C(=O)c1cnc2c(cnn2[C@H](C)C2CC2)c1)c1ccncc1. The van der Waals surface area contributed by atoms with Crippen molar-refractivity contribution in [2.24, 2.45) is 5.92 Å². The molecule has 25 heavy (non-hydrogen) atoms. The molecule has 0 unspecified atom stereocenters. The van der Waals surface area contributed by atoms with Crippen molar-refractivity contribution in [2.45, 2.75) is 32.7 Å². The van der Waals surface area contributed by atoms with Gasteiger partial charge in [-0.15, -0.1) is 0 Å². The Hall–Kier alpha value is -2.76. The lowest BCUT2D eigenvalue weighted by Gasteiger charge is -2.20. The molecular weight excluding hydrogens is 314 g/mol. The van der Waals surface area contributed by atoms with Crippen molar-refractivity contribution in [1.29, 1.82) is 0 Å². The van der Waals surface area contributed by atoms with Gasteiger partial charge in [-0.1, -0.05) is 0 Å². The molecule has 128 valence electrons. The van der Waals surface area contributed by atoms with Crippen molar-refractivity contribution in [1.82, 2.24) is 19.7 Å². The first-order valence-electron chi connectivity index (χ1n) is 8.74. The van der Waals surface area contributed by atoms with Gasteiger partial charge in [0.25, 0.3) is 5.91 Å². The quantitative estimate of drug-likeness (QED) is 0.716. The van der Waals surface area contributed by atoms with Crippen LogP contribution in [0, 0.1) is 5.92 Å². The second kappa shape index (κ2) is 6.27. The number of anilines is 1. The Labute approximate surface area is 146 Å². The van der Waals surface area contributed by atoms with E-state index in [0.717, 1.165) is 16.7 Å². The maximum atomic E-state index is 12.9. The van der Waals surface area contributed by atoms with Gasteiger partial charge in [-0.2, -0.15) is 5.10 Å². The minimum Gasteiger partial charge on any atom is -0.308 e. The van der Waals surface area contributed by atoms with Gasteiger partial charge in [0.2, 0.25) is 0 Å². The molecular formula is C19H21N5O. The highest BCUT2D eigenvalue weighted by molar-refractivity contribution is 6.07. The molecule has 1 aliphatic rings. The topological polar surface area (TPSA) is 63.9 Å². The molecule has 1 saturated carbocycles. The van der Waals surface area contributed by atoms with Gasteiger partial charge in [0.1, 0.15) is 0 Å². The van der Waals surface area contributed by atoms with E-state index in [0.29, 0.717) is 24.1 Å². The van der Waals surface area contributed by atoms with Gasteiger partial charge in [0.05, 0.1) is 17.8 Å². The molecule has 0 aliphatic heterocycles. The zero-order valence-electron chi connectivity index (χ0n) is 14.5. The lowest BCUT2D eigenvalue weighted by Crippen LogP contribution is -2.30. The van der Waals surface area contributed by atoms with E-state index in [-0.39, 0.29) is 5.91 Å². The van der Waals surface area contributed by atoms with Crippen LogP contribution >= 0.6 is 0 Å². The third-order valence-electron chi connectivity index (χ3n) is 4.91. The molecule has 0 spiro atoms. The number of hydrogen-bond donors (Lipinski definition) is 0. The van der Waals surface area contributed by atoms with Crippen molar-refractivity contribution in [3.05, 3.63) is 48.5 Å². The summed E-state index contributed by atoms with van der Waals surface area (Å²) in [6.45, 7) is 4.73. The van der Waals surface area contributed by atoms with Gasteiger partial charge in [0.15, 0.2) is 5.65 Å². The summed E-state index contributed by atoms with van der Waals surface area (Å²) in [5.74, 6) is 0.638. The van der Waals surface area contributed by atoms with Crippen molar-refractivity contribution < 1.29 is 4.79 Å². The van der Waals surface area contributed by atoms with Crippen LogP contribution in [0.1, 0.15) is 43.1 Å². The molecule has 1 fully saturated rings. The first-order chi connectivity index (χ1) is 12.2. The van der Waals surface area contributed by atoms with Gasteiger partial charge in [0, 0.05) is 36.2 Å². The smallest absolute Gasteiger partial charge is 0.259 e. The van der Waals surface area contributed by atoms with Crippen LogP contribution in [0.3, 0.4) is 0 Å². The molecule has 0 saturated heterocycles. The van der Waals surface area contributed by atoms with Crippen LogP contribution in [0.25, 0.3) is 11.0 Å². The number of rotatable bonds is 5. The van der Waals surface area contributed by atoms with Gasteiger partial charge >= 0.3 is 0 Å². The molecule has 0 aromatic carbocycles. The van der Waals surface area contributed by atoms with Crippen LogP contribution < -0.4 is 4.90 Å². The second-order valence-corrected chi connectivity index (χ2v) is 6.56. The first-order valence-corrected chi connectivity index (χ1v) is 8.74. The predicted octanol–water partition coefficient (Wildman–Crippen LogP) is 3.46. The molecule has 1 atom stereocenters. The Morgan fingerprint density at radius 1 is 1.32 bits per heavy atom. The number of fused-ring (bicyclic) bond motifs is 1. The molecule has 0 bridgehead atoms. The number of hydrogen-bond acceptors (Lipinski definition) is 4. The van der Waals surface area contributed by atoms with Gasteiger partial charge in [-0.3, -0.25) is 9.78 Å². The number of carbonyl (C=O) groups excluding carboxylic acids is 1. The molecule has 6 nitrogen and oxygen atoms in total. The van der Waals surface area contributed by atoms with Crippen LogP contribution in [-0.4, -0.2) is 32.2 Å². The summed E-state index contributed by atoms with van der Waals surface area (Å²) in [4.78, 5) is 23.2. The van der Waals surface area contributed by atoms with E-state index in [2.05, 4.69) is 22.0 Å². The van der Waals surface area contributed by atoms with Crippen molar-refractivity contribution in [3.8, 4) is 0 Å². The average molecular weight is 335 g/mol. The van der Waals surface area contributed by atoms with Crippen molar-refractivity contribution >= 4 is 22.6 Å². The molecule has 1 aliphatic carbocycles. The van der Waals surface area contributed by atoms with Crippen LogP contribution in [0.15, 0.2) is 43.0 Å². The molecule has 6 heteroatoms. The number of carbonyl (C=O) groups is 1. The zero-order chi connectivity index (χ0) is 17.4. The Morgan fingerprint density at radius 2 is 2.08 bits per heavy atom. The number of amides is 1. The summed E-state index contributed by atoms with van der Waals surface area (Å²) in [6, 6.07) is 5.92. The molecule has 4 rings (SSSR count). The van der Waals surface area contributed by atoms with Gasteiger partial charge in [-0.25, -0.2) is 9.67 Å². The summed E-state index contributed by atoms with van der Waals surface area (Å²) >= 11 is 0. The van der Waals surface area contributed by atoms with Crippen molar-refractivity contribution in [2.75, 3.05) is 11.4 Å². The first kappa shape index (κ1) is 15.7. The zero-order valence-corrected chi connectivity index (χ0v) is 14.5. The summed E-state index contributed by atoms with van der Waals surface area (Å²) in [5.41, 5.74) is 2.26. The molecule has 3 heterocycles. The van der Waals surface area contributed by atoms with Crippen molar-refractivity contribution in [3.63, 3.8) is 0 Å². The Balaban J connectivity index is 1.66. The fourth-order valence-electron chi connectivity index (χ4n) is 3.26. The summed E-state index contributed by atoms with van der Waals surface area (Å²) in [6.07, 6.45) is 9.37. The monoisotopic (exact) mass is 335 g/mol. The van der Waals surface area contributed by atoms with E-state index in [1.165, 1.54) is 12.8 Å².